The quantitative estimate of drug-likeness (QED) is 0.867. The van der Waals surface area contributed by atoms with Crippen LogP contribution >= 0.6 is 0 Å². The lowest BCUT2D eigenvalue weighted by atomic mass is 9.71. The smallest absolute Gasteiger partial charge is 0.103 e. The first-order valence-electron chi connectivity index (χ1n) is 9.19. The number of hydrogen-bond acceptors (Lipinski definition) is 3. The maximum absolute atomic E-state index is 6.01. The molecule has 2 heterocycles. The molecule has 0 amide bonds. The molecule has 1 saturated heterocycles. The average Bonchev–Trinajstić information content (AvgIpc) is 3.12. The Bertz CT molecular complexity index is 579. The fraction of sp³-hybridized carbons (Fsp3) is 0.737. The van der Waals surface area contributed by atoms with Gasteiger partial charge in [0, 0.05) is 38.4 Å². The topological polar surface area (TPSA) is 39.1 Å². The summed E-state index contributed by atoms with van der Waals surface area (Å²) < 4.78 is 7.97. The van der Waals surface area contributed by atoms with Crippen molar-refractivity contribution < 1.29 is 4.74 Å². The highest BCUT2D eigenvalue weighted by Gasteiger charge is 2.34. The zero-order valence-corrected chi connectivity index (χ0v) is 14.4. The molecular formula is C19H29N3O. The maximum Gasteiger partial charge on any atom is 0.103 e. The monoisotopic (exact) mass is 315 g/mol. The summed E-state index contributed by atoms with van der Waals surface area (Å²) in [5.41, 5.74) is 2.83. The largest absolute Gasteiger partial charge is 0.372 e. The summed E-state index contributed by atoms with van der Waals surface area (Å²) in [5, 5.41) is 8.18. The number of ether oxygens (including phenoxy) is 1. The van der Waals surface area contributed by atoms with Gasteiger partial charge < -0.3 is 10.1 Å². The zero-order valence-electron chi connectivity index (χ0n) is 14.4. The lowest BCUT2D eigenvalue weighted by Gasteiger charge is -2.38. The second kappa shape index (κ2) is 6.40. The minimum absolute atomic E-state index is 0.209. The third kappa shape index (κ3) is 3.24. The fourth-order valence-corrected chi connectivity index (χ4v) is 5.03. The van der Waals surface area contributed by atoms with Crippen LogP contribution in [0.1, 0.15) is 50.8 Å². The Morgan fingerprint density at radius 3 is 3.04 bits per heavy atom. The number of nitrogens with zero attached hydrogens (tertiary/aromatic N) is 2. The first-order valence-corrected chi connectivity index (χ1v) is 9.19. The molecule has 0 radical (unpaired) electrons. The van der Waals surface area contributed by atoms with Gasteiger partial charge in [0.1, 0.15) is 6.10 Å². The second-order valence-corrected chi connectivity index (χ2v) is 7.88. The van der Waals surface area contributed by atoms with Gasteiger partial charge in [-0.25, -0.2) is 0 Å². The molecule has 1 aromatic rings. The first kappa shape index (κ1) is 15.4. The second-order valence-electron chi connectivity index (χ2n) is 7.88. The predicted octanol–water partition coefficient (Wildman–Crippen LogP) is 3.22. The lowest BCUT2D eigenvalue weighted by Crippen LogP contribution is -2.41. The molecule has 126 valence electrons. The van der Waals surface area contributed by atoms with Crippen molar-refractivity contribution in [3.05, 3.63) is 29.6 Å². The van der Waals surface area contributed by atoms with Crippen LogP contribution in [-0.4, -0.2) is 29.0 Å². The molecule has 2 aliphatic carbocycles. The van der Waals surface area contributed by atoms with Crippen LogP contribution in [0.3, 0.4) is 0 Å². The third-order valence-electron chi connectivity index (χ3n) is 6.01. The number of allylic oxidation sites excluding steroid dienone is 2. The van der Waals surface area contributed by atoms with Gasteiger partial charge in [0.15, 0.2) is 0 Å². The number of aromatic nitrogens is 2. The summed E-state index contributed by atoms with van der Waals surface area (Å²) in [5.74, 6) is 2.29. The van der Waals surface area contributed by atoms with Crippen molar-refractivity contribution in [1.82, 2.24) is 15.1 Å². The van der Waals surface area contributed by atoms with Gasteiger partial charge in [-0.05, 0) is 56.9 Å². The molecular weight excluding hydrogens is 286 g/mol. The molecule has 4 nitrogen and oxygen atoms in total. The third-order valence-corrected chi connectivity index (χ3v) is 6.01. The van der Waals surface area contributed by atoms with Crippen molar-refractivity contribution in [3.8, 4) is 0 Å². The molecule has 1 N–H and O–H groups in total. The Kier molecular flexibility index (Phi) is 4.29. The summed E-state index contributed by atoms with van der Waals surface area (Å²) in [6.07, 6.45) is 11.2. The maximum atomic E-state index is 6.01. The van der Waals surface area contributed by atoms with Crippen LogP contribution in [0.2, 0.25) is 0 Å². The standard InChI is InChI=1S/C19H29N3O/c1-13-7-14-9-15(8-13)11-17(10-14)20-12-16-4-6-23-19(16)18-3-5-21-22(18)2/h3,5,7,14-17,19-20H,4,6,8-12H2,1-2H3/t14?,15?,16-,17?,19+/m0/s1. The molecule has 1 aliphatic heterocycles. The van der Waals surface area contributed by atoms with Gasteiger partial charge in [-0.3, -0.25) is 4.68 Å². The SMILES string of the molecule is CC1=CC2CC(C1)CC(NC[C@@H]1CCO[C@H]1c1ccnn1C)C2. The molecule has 1 aromatic heterocycles. The molecule has 2 bridgehead atoms. The van der Waals surface area contributed by atoms with Crippen LogP contribution in [-0.2, 0) is 11.8 Å². The number of rotatable bonds is 4. The van der Waals surface area contributed by atoms with Gasteiger partial charge in [0.25, 0.3) is 0 Å². The van der Waals surface area contributed by atoms with E-state index in [0.717, 1.165) is 31.4 Å². The Labute approximate surface area is 139 Å². The van der Waals surface area contributed by atoms with Crippen molar-refractivity contribution >= 4 is 0 Å². The van der Waals surface area contributed by atoms with E-state index in [9.17, 15) is 0 Å². The molecule has 4 rings (SSSR count). The number of hydrogen-bond donors (Lipinski definition) is 1. The number of nitrogens with one attached hydrogen (secondary N) is 1. The molecule has 3 aliphatic rings. The summed E-state index contributed by atoms with van der Waals surface area (Å²) in [6.45, 7) is 4.25. The molecule has 2 fully saturated rings. The predicted molar refractivity (Wildman–Crippen MR) is 91.0 cm³/mol. The Balaban J connectivity index is 1.35. The van der Waals surface area contributed by atoms with Gasteiger partial charge in [0.2, 0.25) is 0 Å². The average molecular weight is 315 g/mol. The normalized spacial score (nSPS) is 37.0. The molecule has 1 saturated carbocycles. The molecule has 3 unspecified atom stereocenters. The van der Waals surface area contributed by atoms with Crippen molar-refractivity contribution in [2.24, 2.45) is 24.8 Å². The van der Waals surface area contributed by atoms with Crippen LogP contribution in [0.15, 0.2) is 23.9 Å². The highest BCUT2D eigenvalue weighted by Crippen LogP contribution is 2.39. The molecule has 23 heavy (non-hydrogen) atoms. The van der Waals surface area contributed by atoms with Crippen LogP contribution < -0.4 is 5.32 Å². The minimum Gasteiger partial charge on any atom is -0.372 e. The Morgan fingerprint density at radius 2 is 2.26 bits per heavy atom. The van der Waals surface area contributed by atoms with E-state index in [2.05, 4.69) is 29.5 Å². The summed E-state index contributed by atoms with van der Waals surface area (Å²) in [7, 11) is 2.01. The molecule has 4 heteroatoms. The van der Waals surface area contributed by atoms with Crippen LogP contribution in [0.25, 0.3) is 0 Å². The van der Waals surface area contributed by atoms with Crippen molar-refractivity contribution in [3.63, 3.8) is 0 Å². The van der Waals surface area contributed by atoms with Crippen LogP contribution in [0.4, 0.5) is 0 Å². The van der Waals surface area contributed by atoms with E-state index < -0.39 is 0 Å². The van der Waals surface area contributed by atoms with Crippen molar-refractivity contribution in [1.29, 1.82) is 0 Å². The van der Waals surface area contributed by atoms with E-state index in [4.69, 9.17) is 4.74 Å². The summed E-state index contributed by atoms with van der Waals surface area (Å²) in [4.78, 5) is 0. The van der Waals surface area contributed by atoms with E-state index in [1.54, 1.807) is 5.57 Å². The van der Waals surface area contributed by atoms with Crippen LogP contribution in [0.5, 0.6) is 0 Å². The van der Waals surface area contributed by atoms with E-state index >= 15 is 0 Å². The van der Waals surface area contributed by atoms with Crippen molar-refractivity contribution in [2.45, 2.75) is 51.2 Å². The lowest BCUT2D eigenvalue weighted by molar-refractivity contribution is 0.0819. The van der Waals surface area contributed by atoms with Crippen molar-refractivity contribution in [2.75, 3.05) is 13.2 Å². The zero-order chi connectivity index (χ0) is 15.8. The van der Waals surface area contributed by atoms with Crippen LogP contribution in [0, 0.1) is 17.8 Å². The minimum atomic E-state index is 0.209. The van der Waals surface area contributed by atoms with Gasteiger partial charge in [-0.1, -0.05) is 11.6 Å². The van der Waals surface area contributed by atoms with E-state index in [1.165, 1.54) is 31.4 Å². The van der Waals surface area contributed by atoms with E-state index in [1.807, 2.05) is 17.9 Å². The van der Waals surface area contributed by atoms with Gasteiger partial charge in [-0.2, -0.15) is 5.10 Å². The molecule has 5 atom stereocenters. The Hall–Kier alpha value is -1.13. The van der Waals surface area contributed by atoms with E-state index in [-0.39, 0.29) is 6.10 Å². The first-order chi connectivity index (χ1) is 11.2. The van der Waals surface area contributed by atoms with Gasteiger partial charge in [-0.15, -0.1) is 0 Å². The fourth-order valence-electron chi connectivity index (χ4n) is 5.03. The number of aryl methyl sites for hydroxylation is 1. The summed E-state index contributed by atoms with van der Waals surface area (Å²) in [6, 6.07) is 2.79. The summed E-state index contributed by atoms with van der Waals surface area (Å²) >= 11 is 0. The molecule has 0 aromatic carbocycles. The highest BCUT2D eigenvalue weighted by atomic mass is 16.5. The van der Waals surface area contributed by atoms with Gasteiger partial charge in [0.05, 0.1) is 5.69 Å². The van der Waals surface area contributed by atoms with E-state index in [0.29, 0.717) is 12.0 Å². The highest BCUT2D eigenvalue weighted by molar-refractivity contribution is 5.11. The molecule has 0 spiro atoms. The Morgan fingerprint density at radius 1 is 1.35 bits per heavy atom. The number of fused-ring (bicyclic) bond motifs is 2. The van der Waals surface area contributed by atoms with Gasteiger partial charge >= 0.3 is 0 Å².